The molecule has 1 fully saturated rings. The molecule has 2 aromatic carbocycles. The molecule has 1 unspecified atom stereocenters. The van der Waals surface area contributed by atoms with Gasteiger partial charge in [-0.1, -0.05) is 23.2 Å². The third-order valence-corrected chi connectivity index (χ3v) is 5.35. The first-order valence-corrected chi connectivity index (χ1v) is 10.1. The molecule has 1 heterocycles. The summed E-state index contributed by atoms with van der Waals surface area (Å²) in [4.78, 5) is 51.8. The first kappa shape index (κ1) is 23.4. The number of nitrogens with one attached hydrogen (secondary N) is 1. The standard InChI is InChI=1S/C21H19Cl2N3O6/c1-11(27)26(24-20(29)14-6-4-12(22)8-15(14)23)17-10-19(28)25(21(17)30)16-9-13(31-2)5-7-18(16)32-3/h4-9,17H,10H2,1-3H3,(H,24,29). The van der Waals surface area contributed by atoms with Gasteiger partial charge in [-0.05, 0) is 30.3 Å². The van der Waals surface area contributed by atoms with Crippen molar-refractivity contribution in [1.82, 2.24) is 10.4 Å². The number of nitrogens with zero attached hydrogens (tertiary/aromatic N) is 2. The molecule has 1 saturated heterocycles. The van der Waals surface area contributed by atoms with Crippen molar-refractivity contribution in [3.63, 3.8) is 0 Å². The van der Waals surface area contributed by atoms with Gasteiger partial charge < -0.3 is 9.47 Å². The average molecular weight is 480 g/mol. The van der Waals surface area contributed by atoms with Crippen LogP contribution >= 0.6 is 23.2 Å². The number of imide groups is 1. The van der Waals surface area contributed by atoms with Crippen molar-refractivity contribution in [2.45, 2.75) is 19.4 Å². The normalized spacial score (nSPS) is 15.5. The van der Waals surface area contributed by atoms with Gasteiger partial charge in [0.05, 0.1) is 36.9 Å². The van der Waals surface area contributed by atoms with E-state index in [1.807, 2.05) is 0 Å². The predicted octanol–water partition coefficient (Wildman–Crippen LogP) is 2.84. The second-order valence-electron chi connectivity index (χ2n) is 6.78. The number of carbonyl (C=O) groups is 4. The highest BCUT2D eigenvalue weighted by Gasteiger charge is 2.45. The van der Waals surface area contributed by atoms with Crippen LogP contribution in [0.3, 0.4) is 0 Å². The van der Waals surface area contributed by atoms with E-state index in [4.69, 9.17) is 32.7 Å². The summed E-state index contributed by atoms with van der Waals surface area (Å²) in [6.45, 7) is 1.16. The summed E-state index contributed by atoms with van der Waals surface area (Å²) in [6.07, 6.45) is -0.340. The van der Waals surface area contributed by atoms with E-state index in [1.54, 1.807) is 12.1 Å². The number of carbonyl (C=O) groups excluding carboxylic acids is 4. The van der Waals surface area contributed by atoms with Crippen molar-refractivity contribution in [2.75, 3.05) is 19.1 Å². The Morgan fingerprint density at radius 2 is 1.81 bits per heavy atom. The van der Waals surface area contributed by atoms with Crippen molar-refractivity contribution < 1.29 is 28.7 Å². The van der Waals surface area contributed by atoms with E-state index in [9.17, 15) is 19.2 Å². The Balaban J connectivity index is 1.91. The van der Waals surface area contributed by atoms with Crippen LogP contribution in [0.25, 0.3) is 0 Å². The van der Waals surface area contributed by atoms with Crippen molar-refractivity contribution in [3.8, 4) is 11.5 Å². The molecule has 0 spiro atoms. The Hall–Kier alpha value is -3.30. The minimum Gasteiger partial charge on any atom is -0.497 e. The third-order valence-electron chi connectivity index (χ3n) is 4.80. The second kappa shape index (κ2) is 9.46. The SMILES string of the molecule is COc1ccc(OC)c(N2C(=O)CC(N(NC(=O)c3ccc(Cl)cc3Cl)C(C)=O)C2=O)c1. The maximum absolute atomic E-state index is 13.2. The van der Waals surface area contributed by atoms with E-state index < -0.39 is 29.7 Å². The van der Waals surface area contributed by atoms with Gasteiger partial charge in [0.1, 0.15) is 17.5 Å². The van der Waals surface area contributed by atoms with E-state index >= 15 is 0 Å². The van der Waals surface area contributed by atoms with Crippen LogP contribution in [-0.4, -0.2) is 48.9 Å². The maximum atomic E-state index is 13.2. The first-order valence-electron chi connectivity index (χ1n) is 9.32. The van der Waals surface area contributed by atoms with Gasteiger partial charge in [0.2, 0.25) is 11.8 Å². The number of methoxy groups -OCH3 is 2. The van der Waals surface area contributed by atoms with Gasteiger partial charge in [0.15, 0.2) is 0 Å². The Morgan fingerprint density at radius 1 is 1.09 bits per heavy atom. The number of hydrogen-bond donors (Lipinski definition) is 1. The van der Waals surface area contributed by atoms with Gasteiger partial charge in [-0.3, -0.25) is 24.6 Å². The topological polar surface area (TPSA) is 105 Å². The molecule has 1 aliphatic heterocycles. The Morgan fingerprint density at radius 3 is 2.41 bits per heavy atom. The molecule has 4 amide bonds. The highest BCUT2D eigenvalue weighted by atomic mass is 35.5. The smallest absolute Gasteiger partial charge is 0.271 e. The third kappa shape index (κ3) is 4.49. The number of hydrogen-bond acceptors (Lipinski definition) is 6. The minimum absolute atomic E-state index is 0.0467. The molecular formula is C21H19Cl2N3O6. The predicted molar refractivity (Wildman–Crippen MR) is 117 cm³/mol. The molecule has 11 heteroatoms. The summed E-state index contributed by atoms with van der Waals surface area (Å²) >= 11 is 11.9. The number of amides is 4. The van der Waals surface area contributed by atoms with Gasteiger partial charge in [-0.15, -0.1) is 0 Å². The molecule has 1 atom stereocenters. The zero-order chi connectivity index (χ0) is 23.6. The highest BCUT2D eigenvalue weighted by Crippen LogP contribution is 2.36. The van der Waals surface area contributed by atoms with Crippen LogP contribution in [0.5, 0.6) is 11.5 Å². The van der Waals surface area contributed by atoms with Gasteiger partial charge in [0.25, 0.3) is 11.8 Å². The molecule has 32 heavy (non-hydrogen) atoms. The number of benzene rings is 2. The minimum atomic E-state index is -1.26. The van der Waals surface area contributed by atoms with Crippen LogP contribution in [0.2, 0.25) is 10.0 Å². The number of halogens is 2. The van der Waals surface area contributed by atoms with Gasteiger partial charge >= 0.3 is 0 Å². The first-order chi connectivity index (χ1) is 15.2. The molecule has 0 aliphatic carbocycles. The van der Waals surface area contributed by atoms with Crippen LogP contribution in [0.4, 0.5) is 5.69 Å². The molecule has 9 nitrogen and oxygen atoms in total. The summed E-state index contributed by atoms with van der Waals surface area (Å²) in [7, 11) is 2.84. The highest BCUT2D eigenvalue weighted by molar-refractivity contribution is 6.36. The van der Waals surface area contributed by atoms with Crippen LogP contribution < -0.4 is 19.8 Å². The molecule has 0 bridgehead atoms. The van der Waals surface area contributed by atoms with Gasteiger partial charge in [-0.25, -0.2) is 9.91 Å². The summed E-state index contributed by atoms with van der Waals surface area (Å²) in [5.41, 5.74) is 2.58. The van der Waals surface area contributed by atoms with Crippen molar-refractivity contribution in [1.29, 1.82) is 0 Å². The summed E-state index contributed by atoms with van der Waals surface area (Å²) in [6, 6.07) is 7.59. The van der Waals surface area contributed by atoms with Gasteiger partial charge in [0, 0.05) is 18.0 Å². The van der Waals surface area contributed by atoms with Crippen LogP contribution in [0, 0.1) is 0 Å². The molecule has 0 aromatic heterocycles. The fraction of sp³-hybridized carbons (Fsp3) is 0.238. The molecule has 2 aromatic rings. The van der Waals surface area contributed by atoms with Crippen molar-refractivity contribution >= 4 is 52.5 Å². The average Bonchev–Trinajstić information content (AvgIpc) is 3.04. The molecule has 1 N–H and O–H groups in total. The molecular weight excluding hydrogens is 461 g/mol. The zero-order valence-corrected chi connectivity index (χ0v) is 18.9. The second-order valence-corrected chi connectivity index (χ2v) is 7.62. The van der Waals surface area contributed by atoms with Crippen molar-refractivity contribution in [2.24, 2.45) is 0 Å². The summed E-state index contributed by atoms with van der Waals surface area (Å²) < 4.78 is 10.4. The molecule has 3 rings (SSSR count). The quantitative estimate of drug-likeness (QED) is 0.522. The Labute approximate surface area is 193 Å². The van der Waals surface area contributed by atoms with E-state index in [0.717, 1.165) is 16.8 Å². The lowest BCUT2D eigenvalue weighted by atomic mass is 10.2. The van der Waals surface area contributed by atoms with Crippen LogP contribution in [0.15, 0.2) is 36.4 Å². The molecule has 1 aliphatic rings. The molecule has 0 saturated carbocycles. The lowest BCUT2D eigenvalue weighted by molar-refractivity contribution is -0.139. The monoisotopic (exact) mass is 479 g/mol. The van der Waals surface area contributed by atoms with E-state index in [1.165, 1.54) is 38.5 Å². The molecule has 168 valence electrons. The van der Waals surface area contributed by atoms with E-state index in [0.29, 0.717) is 10.8 Å². The van der Waals surface area contributed by atoms with Crippen LogP contribution in [-0.2, 0) is 14.4 Å². The number of ether oxygens (including phenoxy) is 2. The van der Waals surface area contributed by atoms with E-state index in [-0.39, 0.29) is 28.4 Å². The summed E-state index contributed by atoms with van der Waals surface area (Å²) in [5.74, 6) is -2.00. The number of rotatable bonds is 5. The zero-order valence-electron chi connectivity index (χ0n) is 17.3. The molecule has 0 radical (unpaired) electrons. The fourth-order valence-corrected chi connectivity index (χ4v) is 3.76. The lowest BCUT2D eigenvalue weighted by Crippen LogP contribution is -2.54. The number of hydrazine groups is 1. The van der Waals surface area contributed by atoms with Crippen LogP contribution in [0.1, 0.15) is 23.7 Å². The van der Waals surface area contributed by atoms with Crippen molar-refractivity contribution in [3.05, 3.63) is 52.0 Å². The summed E-state index contributed by atoms with van der Waals surface area (Å²) in [5, 5.41) is 1.21. The van der Waals surface area contributed by atoms with E-state index in [2.05, 4.69) is 5.43 Å². The Bertz CT molecular complexity index is 1110. The largest absolute Gasteiger partial charge is 0.497 e. The van der Waals surface area contributed by atoms with Gasteiger partial charge in [-0.2, -0.15) is 0 Å². The lowest BCUT2D eigenvalue weighted by Gasteiger charge is -2.27. The maximum Gasteiger partial charge on any atom is 0.271 e. The number of anilines is 1. The Kier molecular flexibility index (Phi) is 6.90. The fourth-order valence-electron chi connectivity index (χ4n) is 3.26.